The SMILES string of the molecule is CNC(=O)/C(=N/OC)c1cccc(C)c1CO/N=C1\CCc2c(OC)cccc21. The van der Waals surface area contributed by atoms with E-state index in [0.717, 1.165) is 46.6 Å². The van der Waals surface area contributed by atoms with Gasteiger partial charge in [0.15, 0.2) is 5.71 Å². The molecule has 3 rings (SSSR count). The topological polar surface area (TPSA) is 81.5 Å². The van der Waals surface area contributed by atoms with Crippen molar-refractivity contribution in [3.63, 3.8) is 0 Å². The summed E-state index contributed by atoms with van der Waals surface area (Å²) in [6.45, 7) is 2.17. The molecule has 0 radical (unpaired) electrons. The standard InChI is InChI=1S/C22H25N3O4/c1-14-7-5-9-17(21(25-28-4)22(26)23-2)18(14)13-29-24-19-12-11-16-15(19)8-6-10-20(16)27-3/h5-10H,11-13H2,1-4H3,(H,23,26)/b24-19+,25-21+. The Labute approximate surface area is 170 Å². The van der Waals surface area contributed by atoms with E-state index < -0.39 is 0 Å². The quantitative estimate of drug-likeness (QED) is 0.577. The van der Waals surface area contributed by atoms with Crippen molar-refractivity contribution in [1.29, 1.82) is 0 Å². The second kappa shape index (κ2) is 9.23. The highest BCUT2D eigenvalue weighted by atomic mass is 16.6. The Balaban J connectivity index is 1.85. The molecule has 1 amide bonds. The Morgan fingerprint density at radius 3 is 2.66 bits per heavy atom. The Hall–Kier alpha value is -3.35. The van der Waals surface area contributed by atoms with Gasteiger partial charge in [0.2, 0.25) is 0 Å². The monoisotopic (exact) mass is 395 g/mol. The molecule has 0 unspecified atom stereocenters. The molecule has 0 aromatic heterocycles. The smallest absolute Gasteiger partial charge is 0.273 e. The normalized spacial score (nSPS) is 14.5. The average molecular weight is 395 g/mol. The van der Waals surface area contributed by atoms with Crippen LogP contribution in [0.3, 0.4) is 0 Å². The third-order valence-corrected chi connectivity index (χ3v) is 4.95. The Kier molecular flexibility index (Phi) is 6.49. The number of rotatable bonds is 7. The van der Waals surface area contributed by atoms with Gasteiger partial charge in [0, 0.05) is 29.3 Å². The van der Waals surface area contributed by atoms with Crippen LogP contribution in [0.5, 0.6) is 5.75 Å². The van der Waals surface area contributed by atoms with Crippen molar-refractivity contribution >= 4 is 17.3 Å². The highest BCUT2D eigenvalue weighted by molar-refractivity contribution is 6.45. The number of hydrogen-bond donors (Lipinski definition) is 1. The first-order valence-electron chi connectivity index (χ1n) is 9.37. The predicted molar refractivity (Wildman–Crippen MR) is 111 cm³/mol. The maximum atomic E-state index is 12.2. The minimum absolute atomic E-state index is 0.195. The van der Waals surface area contributed by atoms with Crippen molar-refractivity contribution < 1.29 is 19.2 Å². The number of amides is 1. The van der Waals surface area contributed by atoms with Crippen LogP contribution in [0.15, 0.2) is 46.7 Å². The van der Waals surface area contributed by atoms with Gasteiger partial charge in [0.05, 0.1) is 12.8 Å². The largest absolute Gasteiger partial charge is 0.496 e. The molecule has 2 aromatic carbocycles. The lowest BCUT2D eigenvalue weighted by Crippen LogP contribution is -2.29. The van der Waals surface area contributed by atoms with E-state index >= 15 is 0 Å². The highest BCUT2D eigenvalue weighted by Gasteiger charge is 2.22. The summed E-state index contributed by atoms with van der Waals surface area (Å²) in [7, 11) is 4.64. The second-order valence-electron chi connectivity index (χ2n) is 6.60. The van der Waals surface area contributed by atoms with Crippen molar-refractivity contribution in [3.8, 4) is 5.75 Å². The van der Waals surface area contributed by atoms with Crippen LogP contribution in [0.25, 0.3) is 0 Å². The first-order chi connectivity index (χ1) is 14.1. The molecule has 0 spiro atoms. The summed E-state index contributed by atoms with van der Waals surface area (Å²) in [4.78, 5) is 22.8. The van der Waals surface area contributed by atoms with Gasteiger partial charge in [0.1, 0.15) is 19.5 Å². The summed E-state index contributed by atoms with van der Waals surface area (Å²) in [5, 5.41) is 10.9. The molecule has 152 valence electrons. The molecular weight excluding hydrogens is 370 g/mol. The van der Waals surface area contributed by atoms with E-state index in [-0.39, 0.29) is 18.2 Å². The first kappa shape index (κ1) is 20.4. The molecular formula is C22H25N3O4. The lowest BCUT2D eigenvalue weighted by Gasteiger charge is -2.13. The van der Waals surface area contributed by atoms with Crippen LogP contribution in [0, 0.1) is 6.92 Å². The maximum Gasteiger partial charge on any atom is 0.273 e. The van der Waals surface area contributed by atoms with E-state index in [1.165, 1.54) is 7.11 Å². The van der Waals surface area contributed by atoms with E-state index in [2.05, 4.69) is 15.6 Å². The van der Waals surface area contributed by atoms with Crippen LogP contribution in [0.4, 0.5) is 0 Å². The zero-order valence-electron chi connectivity index (χ0n) is 17.1. The number of likely N-dealkylation sites (N-methyl/N-ethyl adjacent to an activating group) is 1. The molecule has 1 aliphatic rings. The number of carbonyl (C=O) groups is 1. The summed E-state index contributed by atoms with van der Waals surface area (Å²) < 4.78 is 5.43. The number of oxime groups is 2. The fourth-order valence-electron chi connectivity index (χ4n) is 3.47. The fourth-order valence-corrected chi connectivity index (χ4v) is 3.47. The summed E-state index contributed by atoms with van der Waals surface area (Å²) in [5.74, 6) is 0.543. The summed E-state index contributed by atoms with van der Waals surface area (Å²) in [6, 6.07) is 11.6. The minimum Gasteiger partial charge on any atom is -0.496 e. The molecule has 2 aromatic rings. The number of benzene rings is 2. The van der Waals surface area contributed by atoms with Gasteiger partial charge in [-0.15, -0.1) is 0 Å². The molecule has 0 atom stereocenters. The van der Waals surface area contributed by atoms with Crippen LogP contribution in [-0.2, 0) is 27.5 Å². The van der Waals surface area contributed by atoms with Gasteiger partial charge in [-0.3, -0.25) is 4.79 Å². The van der Waals surface area contributed by atoms with Gasteiger partial charge >= 0.3 is 0 Å². The van der Waals surface area contributed by atoms with E-state index in [0.29, 0.717) is 5.56 Å². The fraction of sp³-hybridized carbons (Fsp3) is 0.318. The minimum atomic E-state index is -0.332. The third-order valence-electron chi connectivity index (χ3n) is 4.95. The van der Waals surface area contributed by atoms with Crippen LogP contribution in [0.2, 0.25) is 0 Å². The van der Waals surface area contributed by atoms with Crippen molar-refractivity contribution in [3.05, 3.63) is 64.2 Å². The maximum absolute atomic E-state index is 12.2. The van der Waals surface area contributed by atoms with Crippen molar-refractivity contribution in [2.75, 3.05) is 21.3 Å². The molecule has 7 heteroatoms. The average Bonchev–Trinajstić information content (AvgIpc) is 3.16. The van der Waals surface area contributed by atoms with E-state index in [1.807, 2.05) is 43.3 Å². The number of ether oxygens (including phenoxy) is 1. The number of methoxy groups -OCH3 is 1. The van der Waals surface area contributed by atoms with Gasteiger partial charge in [0.25, 0.3) is 5.91 Å². The van der Waals surface area contributed by atoms with Gasteiger partial charge in [-0.1, -0.05) is 40.6 Å². The Bertz CT molecular complexity index is 967. The summed E-state index contributed by atoms with van der Waals surface area (Å²) in [6.07, 6.45) is 1.67. The van der Waals surface area contributed by atoms with Gasteiger partial charge in [-0.25, -0.2) is 0 Å². The first-order valence-corrected chi connectivity index (χ1v) is 9.37. The second-order valence-corrected chi connectivity index (χ2v) is 6.60. The molecule has 1 aliphatic carbocycles. The van der Waals surface area contributed by atoms with Gasteiger partial charge in [-0.2, -0.15) is 0 Å². The zero-order chi connectivity index (χ0) is 20.8. The lowest BCUT2D eigenvalue weighted by molar-refractivity contribution is -0.114. The molecule has 0 saturated carbocycles. The third kappa shape index (κ3) is 4.23. The van der Waals surface area contributed by atoms with Gasteiger partial charge < -0.3 is 19.7 Å². The van der Waals surface area contributed by atoms with Crippen LogP contribution in [-0.4, -0.2) is 38.6 Å². The van der Waals surface area contributed by atoms with E-state index in [9.17, 15) is 4.79 Å². The summed E-state index contributed by atoms with van der Waals surface area (Å²) in [5.41, 5.74) is 5.76. The predicted octanol–water partition coefficient (Wildman–Crippen LogP) is 2.97. The number of fused-ring (bicyclic) bond motifs is 1. The van der Waals surface area contributed by atoms with Crippen LogP contribution >= 0.6 is 0 Å². The van der Waals surface area contributed by atoms with Crippen molar-refractivity contribution in [1.82, 2.24) is 5.32 Å². The number of nitrogens with zero attached hydrogens (tertiary/aromatic N) is 2. The number of aryl methyl sites for hydroxylation is 1. The van der Waals surface area contributed by atoms with Crippen molar-refractivity contribution in [2.45, 2.75) is 26.4 Å². The Morgan fingerprint density at radius 2 is 1.93 bits per heavy atom. The highest BCUT2D eigenvalue weighted by Crippen LogP contribution is 2.31. The molecule has 1 N–H and O–H groups in total. The zero-order valence-corrected chi connectivity index (χ0v) is 17.1. The van der Waals surface area contributed by atoms with E-state index in [1.54, 1.807) is 14.2 Å². The molecule has 29 heavy (non-hydrogen) atoms. The number of hydrogen-bond acceptors (Lipinski definition) is 6. The molecule has 0 fully saturated rings. The molecule has 0 heterocycles. The molecule has 0 aliphatic heterocycles. The summed E-state index contributed by atoms with van der Waals surface area (Å²) >= 11 is 0. The Morgan fingerprint density at radius 1 is 1.14 bits per heavy atom. The van der Waals surface area contributed by atoms with Crippen molar-refractivity contribution in [2.24, 2.45) is 10.3 Å². The van der Waals surface area contributed by atoms with Crippen LogP contribution in [0.1, 0.15) is 34.2 Å². The van der Waals surface area contributed by atoms with E-state index in [4.69, 9.17) is 14.4 Å². The number of carbonyl (C=O) groups excluding carboxylic acids is 1. The number of nitrogens with one attached hydrogen (secondary N) is 1. The molecule has 7 nitrogen and oxygen atoms in total. The van der Waals surface area contributed by atoms with Crippen LogP contribution < -0.4 is 10.1 Å². The lowest BCUT2D eigenvalue weighted by atomic mass is 9.98. The molecule has 0 bridgehead atoms. The van der Waals surface area contributed by atoms with Gasteiger partial charge in [-0.05, 0) is 31.4 Å². The molecule has 0 saturated heterocycles.